The maximum Gasteiger partial charge on any atom is 0.261 e. The third-order valence-electron chi connectivity index (χ3n) is 2.68. The molecule has 0 fully saturated rings. The van der Waals surface area contributed by atoms with E-state index in [0.717, 1.165) is 0 Å². The van der Waals surface area contributed by atoms with E-state index in [4.69, 9.17) is 9.47 Å². The molecular formula is C14H15NO4. The summed E-state index contributed by atoms with van der Waals surface area (Å²) < 4.78 is 10.5. The van der Waals surface area contributed by atoms with Crippen LogP contribution in [0.4, 0.5) is 0 Å². The maximum atomic E-state index is 11.8. The molecule has 0 saturated heterocycles. The van der Waals surface area contributed by atoms with Gasteiger partial charge >= 0.3 is 0 Å². The highest BCUT2D eigenvalue weighted by molar-refractivity contribution is 6.30. The van der Waals surface area contributed by atoms with Crippen molar-refractivity contribution in [2.24, 2.45) is 0 Å². The molecule has 1 aliphatic heterocycles. The van der Waals surface area contributed by atoms with Gasteiger partial charge in [-0.05, 0) is 32.0 Å². The largest absolute Gasteiger partial charge is 0.501 e. The molecule has 5 heteroatoms. The van der Waals surface area contributed by atoms with Gasteiger partial charge < -0.3 is 9.47 Å². The summed E-state index contributed by atoms with van der Waals surface area (Å²) in [5, 5.41) is 2.28. The Labute approximate surface area is 111 Å². The summed E-state index contributed by atoms with van der Waals surface area (Å²) in [5.41, 5.74) is 1.31. The molecule has 1 N–H and O–H groups in total. The van der Waals surface area contributed by atoms with E-state index in [2.05, 4.69) is 5.32 Å². The zero-order valence-electron chi connectivity index (χ0n) is 10.9. The first-order chi connectivity index (χ1) is 9.17. The van der Waals surface area contributed by atoms with E-state index < -0.39 is 11.8 Å². The molecule has 2 amide bonds. The highest BCUT2D eigenvalue weighted by atomic mass is 16.5. The van der Waals surface area contributed by atoms with Gasteiger partial charge in [0.1, 0.15) is 5.75 Å². The summed E-state index contributed by atoms with van der Waals surface area (Å²) in [6.07, 6.45) is 1.37. The van der Waals surface area contributed by atoms with Gasteiger partial charge in [0, 0.05) is 11.1 Å². The molecule has 0 unspecified atom stereocenters. The van der Waals surface area contributed by atoms with Gasteiger partial charge in [-0.25, -0.2) is 0 Å². The standard InChI is InChI=1S/C14H15NO4/c1-3-18-8-12-11-7-9(19-4-2)5-6-10(11)13(16)15-14(12)17/h5-8H,3-4H2,1-2H3,(H,15,16,17)/b12-8-. The summed E-state index contributed by atoms with van der Waals surface area (Å²) in [6.45, 7) is 4.66. The Morgan fingerprint density at radius 2 is 1.89 bits per heavy atom. The zero-order valence-corrected chi connectivity index (χ0v) is 10.9. The van der Waals surface area contributed by atoms with Crippen molar-refractivity contribution in [1.82, 2.24) is 5.32 Å². The van der Waals surface area contributed by atoms with Crippen LogP contribution in [-0.4, -0.2) is 25.0 Å². The first-order valence-electron chi connectivity index (χ1n) is 6.12. The Hall–Kier alpha value is -2.30. The lowest BCUT2D eigenvalue weighted by Crippen LogP contribution is -2.36. The molecule has 1 aromatic rings. The average Bonchev–Trinajstić information content (AvgIpc) is 2.38. The van der Waals surface area contributed by atoms with Gasteiger partial charge in [0.05, 0.1) is 25.0 Å². The Morgan fingerprint density at radius 3 is 2.58 bits per heavy atom. The number of nitrogens with one attached hydrogen (secondary N) is 1. The van der Waals surface area contributed by atoms with E-state index in [1.54, 1.807) is 18.2 Å². The van der Waals surface area contributed by atoms with Crippen LogP contribution in [0.25, 0.3) is 5.57 Å². The molecule has 2 rings (SSSR count). The molecule has 0 bridgehead atoms. The zero-order chi connectivity index (χ0) is 13.8. The molecule has 100 valence electrons. The number of amides is 2. The summed E-state index contributed by atoms with van der Waals surface area (Å²) in [6, 6.07) is 5.03. The van der Waals surface area contributed by atoms with Crippen LogP contribution in [0, 0.1) is 0 Å². The average molecular weight is 261 g/mol. The van der Waals surface area contributed by atoms with Gasteiger partial charge in [-0.1, -0.05) is 0 Å². The molecule has 0 radical (unpaired) electrons. The lowest BCUT2D eigenvalue weighted by Gasteiger charge is -2.18. The second-order valence-electron chi connectivity index (χ2n) is 3.91. The predicted octanol–water partition coefficient (Wildman–Crippen LogP) is 1.73. The van der Waals surface area contributed by atoms with Crippen molar-refractivity contribution in [3.63, 3.8) is 0 Å². The van der Waals surface area contributed by atoms with Gasteiger partial charge in [0.15, 0.2) is 0 Å². The third-order valence-corrected chi connectivity index (χ3v) is 2.68. The Balaban J connectivity index is 2.50. The van der Waals surface area contributed by atoms with E-state index in [1.165, 1.54) is 6.26 Å². The SMILES string of the molecule is CCO/C=C1\C(=O)NC(=O)c2ccc(OCC)cc21. The lowest BCUT2D eigenvalue weighted by molar-refractivity contribution is -0.114. The van der Waals surface area contributed by atoms with Crippen molar-refractivity contribution in [2.75, 3.05) is 13.2 Å². The number of rotatable bonds is 4. The van der Waals surface area contributed by atoms with Gasteiger partial charge in [-0.15, -0.1) is 0 Å². The first kappa shape index (κ1) is 13.1. The number of hydrogen-bond acceptors (Lipinski definition) is 4. The van der Waals surface area contributed by atoms with Gasteiger partial charge in [0.25, 0.3) is 11.8 Å². The topological polar surface area (TPSA) is 64.6 Å². The van der Waals surface area contributed by atoms with Crippen molar-refractivity contribution in [2.45, 2.75) is 13.8 Å². The minimum atomic E-state index is -0.459. The second kappa shape index (κ2) is 5.56. The lowest BCUT2D eigenvalue weighted by atomic mass is 9.95. The Morgan fingerprint density at radius 1 is 1.11 bits per heavy atom. The summed E-state index contributed by atoms with van der Waals surface area (Å²) in [4.78, 5) is 23.6. The van der Waals surface area contributed by atoms with Crippen LogP contribution in [0.3, 0.4) is 0 Å². The van der Waals surface area contributed by atoms with E-state index in [9.17, 15) is 9.59 Å². The van der Waals surface area contributed by atoms with Crippen LogP contribution in [0.15, 0.2) is 24.5 Å². The predicted molar refractivity (Wildman–Crippen MR) is 69.7 cm³/mol. The smallest absolute Gasteiger partial charge is 0.261 e. The Kier molecular flexibility index (Phi) is 3.85. The number of benzene rings is 1. The van der Waals surface area contributed by atoms with E-state index >= 15 is 0 Å². The monoisotopic (exact) mass is 261 g/mol. The summed E-state index contributed by atoms with van der Waals surface area (Å²) in [5.74, 6) is -0.248. The number of carbonyl (C=O) groups excluding carboxylic acids is 2. The molecule has 1 aliphatic rings. The third kappa shape index (κ3) is 2.59. The van der Waals surface area contributed by atoms with E-state index in [0.29, 0.717) is 35.7 Å². The van der Waals surface area contributed by atoms with Crippen molar-refractivity contribution >= 4 is 17.4 Å². The first-order valence-corrected chi connectivity index (χ1v) is 6.12. The van der Waals surface area contributed by atoms with Crippen molar-refractivity contribution < 1.29 is 19.1 Å². The van der Waals surface area contributed by atoms with Crippen molar-refractivity contribution in [3.8, 4) is 5.75 Å². The molecule has 0 aromatic heterocycles. The fourth-order valence-electron chi connectivity index (χ4n) is 1.84. The second-order valence-corrected chi connectivity index (χ2v) is 3.91. The number of fused-ring (bicyclic) bond motifs is 1. The van der Waals surface area contributed by atoms with Crippen LogP contribution < -0.4 is 10.1 Å². The van der Waals surface area contributed by atoms with Crippen LogP contribution in [0.5, 0.6) is 5.75 Å². The van der Waals surface area contributed by atoms with Crippen molar-refractivity contribution in [1.29, 1.82) is 0 Å². The molecule has 0 aliphatic carbocycles. The Bertz CT molecular complexity index is 548. The van der Waals surface area contributed by atoms with Gasteiger partial charge in [0.2, 0.25) is 0 Å². The van der Waals surface area contributed by atoms with Gasteiger partial charge in [-0.3, -0.25) is 14.9 Å². The van der Waals surface area contributed by atoms with Gasteiger partial charge in [-0.2, -0.15) is 0 Å². The fourth-order valence-corrected chi connectivity index (χ4v) is 1.84. The molecule has 0 saturated carbocycles. The molecule has 5 nitrogen and oxygen atoms in total. The highest BCUT2D eigenvalue weighted by Crippen LogP contribution is 2.28. The molecule has 1 aromatic carbocycles. The molecule has 0 atom stereocenters. The fraction of sp³-hybridized carbons (Fsp3) is 0.286. The minimum Gasteiger partial charge on any atom is -0.501 e. The number of ether oxygens (including phenoxy) is 2. The molecule has 1 heterocycles. The number of carbonyl (C=O) groups is 2. The summed E-state index contributed by atoms with van der Waals surface area (Å²) in [7, 11) is 0. The maximum absolute atomic E-state index is 11.8. The normalized spacial score (nSPS) is 16.0. The van der Waals surface area contributed by atoms with E-state index in [-0.39, 0.29) is 0 Å². The van der Waals surface area contributed by atoms with Crippen LogP contribution in [0.2, 0.25) is 0 Å². The van der Waals surface area contributed by atoms with Crippen molar-refractivity contribution in [3.05, 3.63) is 35.6 Å². The van der Waals surface area contributed by atoms with E-state index in [1.807, 2.05) is 13.8 Å². The van der Waals surface area contributed by atoms with Crippen LogP contribution >= 0.6 is 0 Å². The van der Waals surface area contributed by atoms with Crippen LogP contribution in [0.1, 0.15) is 29.8 Å². The highest BCUT2D eigenvalue weighted by Gasteiger charge is 2.28. The minimum absolute atomic E-state index is 0.331. The molecule has 0 spiro atoms. The molecular weight excluding hydrogens is 246 g/mol. The molecule has 19 heavy (non-hydrogen) atoms. The van der Waals surface area contributed by atoms with Crippen LogP contribution in [-0.2, 0) is 9.53 Å². The summed E-state index contributed by atoms with van der Waals surface area (Å²) >= 11 is 0. The number of imide groups is 1. The number of hydrogen-bond donors (Lipinski definition) is 1. The quantitative estimate of drug-likeness (QED) is 0.509.